The van der Waals surface area contributed by atoms with Gasteiger partial charge in [-0.2, -0.15) is 0 Å². The summed E-state index contributed by atoms with van der Waals surface area (Å²) in [4.78, 5) is 17.2. The molecule has 0 aromatic carbocycles. The molecule has 2 heterocycles. The van der Waals surface area contributed by atoms with Crippen LogP contribution in [0.2, 0.25) is 0 Å². The van der Waals surface area contributed by atoms with Crippen LogP contribution in [0.1, 0.15) is 63.8 Å². The first-order chi connectivity index (χ1) is 10.2. The Morgan fingerprint density at radius 3 is 3.24 bits per heavy atom. The molecule has 2 fully saturated rings. The average Bonchev–Trinajstić information content (AvgIpc) is 3.16. The third kappa shape index (κ3) is 2.11. The lowest BCUT2D eigenvalue weighted by Crippen LogP contribution is -2.36. The molecule has 0 saturated heterocycles. The highest BCUT2D eigenvalue weighted by atomic mass is 16.5. The van der Waals surface area contributed by atoms with Crippen molar-refractivity contribution in [3.63, 3.8) is 0 Å². The molecule has 4 atom stereocenters. The molecule has 0 amide bonds. The van der Waals surface area contributed by atoms with Gasteiger partial charge in [0.2, 0.25) is 0 Å². The van der Waals surface area contributed by atoms with E-state index < -0.39 is 0 Å². The van der Waals surface area contributed by atoms with Crippen molar-refractivity contribution in [2.24, 2.45) is 17.3 Å². The summed E-state index contributed by atoms with van der Waals surface area (Å²) in [5, 5.41) is 0. The van der Waals surface area contributed by atoms with Crippen LogP contribution in [0.4, 0.5) is 0 Å². The lowest BCUT2D eigenvalue weighted by Gasteiger charge is -2.36. The highest BCUT2D eigenvalue weighted by Crippen LogP contribution is 2.55. The summed E-state index contributed by atoms with van der Waals surface area (Å²) in [6.45, 7) is 3.17. The van der Waals surface area contributed by atoms with Gasteiger partial charge in [-0.05, 0) is 43.9 Å². The first-order valence-corrected chi connectivity index (χ1v) is 8.42. The Hall–Kier alpha value is -1.32. The quantitative estimate of drug-likeness (QED) is 0.800. The maximum absolute atomic E-state index is 12.9. The highest BCUT2D eigenvalue weighted by Gasteiger charge is 2.51. The van der Waals surface area contributed by atoms with Crippen molar-refractivity contribution in [1.29, 1.82) is 0 Å². The van der Waals surface area contributed by atoms with Crippen LogP contribution in [0.15, 0.2) is 12.4 Å². The van der Waals surface area contributed by atoms with Gasteiger partial charge < -0.3 is 9.30 Å². The number of imidazole rings is 1. The molecule has 0 spiro atoms. The van der Waals surface area contributed by atoms with E-state index >= 15 is 0 Å². The predicted octanol–water partition coefficient (Wildman–Crippen LogP) is 3.48. The van der Waals surface area contributed by atoms with Gasteiger partial charge in [0.05, 0.1) is 5.41 Å². The SMILES string of the molecule is CCC1CC2CCC(C(=O)O[C@H]3CCn4ccnc43)(C1)C2. The molecule has 2 aliphatic carbocycles. The maximum atomic E-state index is 12.9. The van der Waals surface area contributed by atoms with Crippen LogP contribution in [0.5, 0.6) is 0 Å². The zero-order chi connectivity index (χ0) is 14.4. The topological polar surface area (TPSA) is 44.1 Å². The van der Waals surface area contributed by atoms with Crippen molar-refractivity contribution in [2.45, 2.75) is 64.5 Å². The van der Waals surface area contributed by atoms with E-state index in [1.54, 1.807) is 6.20 Å². The molecule has 3 unspecified atom stereocenters. The van der Waals surface area contributed by atoms with E-state index in [4.69, 9.17) is 4.74 Å². The van der Waals surface area contributed by atoms with E-state index in [0.29, 0.717) is 5.92 Å². The van der Waals surface area contributed by atoms with Crippen LogP contribution < -0.4 is 0 Å². The number of aromatic nitrogens is 2. The van der Waals surface area contributed by atoms with Crippen LogP contribution in [0.3, 0.4) is 0 Å². The van der Waals surface area contributed by atoms with E-state index in [0.717, 1.165) is 44.0 Å². The summed E-state index contributed by atoms with van der Waals surface area (Å²) in [6, 6.07) is 0. The normalized spacial score (nSPS) is 37.5. The van der Waals surface area contributed by atoms with Gasteiger partial charge in [-0.25, -0.2) is 4.98 Å². The standard InChI is InChI=1S/C17H24N2O2/c1-2-12-9-13-3-5-17(10-12,11-13)16(20)21-14-4-7-19-8-6-18-15(14)19/h6,8,12-14H,2-5,7,9-11H2,1H3/t12?,13?,14-,17?/m0/s1. The third-order valence-corrected chi connectivity index (χ3v) is 5.98. The number of carbonyl (C=O) groups excluding carboxylic acids is 1. The van der Waals surface area contributed by atoms with Gasteiger partial charge in [0.25, 0.3) is 0 Å². The van der Waals surface area contributed by atoms with Gasteiger partial charge in [0, 0.05) is 25.4 Å². The van der Waals surface area contributed by atoms with E-state index in [1.165, 1.54) is 19.3 Å². The van der Waals surface area contributed by atoms with Crippen LogP contribution in [-0.4, -0.2) is 15.5 Å². The summed E-state index contributed by atoms with van der Waals surface area (Å²) in [5.74, 6) is 2.45. The van der Waals surface area contributed by atoms with Gasteiger partial charge >= 0.3 is 5.97 Å². The summed E-state index contributed by atoms with van der Waals surface area (Å²) in [5.41, 5.74) is -0.177. The molecule has 21 heavy (non-hydrogen) atoms. The third-order valence-electron chi connectivity index (χ3n) is 5.98. The van der Waals surface area contributed by atoms with Crippen LogP contribution >= 0.6 is 0 Å². The minimum Gasteiger partial charge on any atom is -0.454 e. The van der Waals surface area contributed by atoms with E-state index in [-0.39, 0.29) is 17.5 Å². The van der Waals surface area contributed by atoms with Crippen molar-refractivity contribution >= 4 is 5.97 Å². The van der Waals surface area contributed by atoms with E-state index in [1.807, 2.05) is 6.20 Å². The lowest BCUT2D eigenvalue weighted by atomic mass is 9.70. The summed E-state index contributed by atoms with van der Waals surface area (Å²) < 4.78 is 8.03. The Morgan fingerprint density at radius 1 is 1.48 bits per heavy atom. The Bertz CT molecular complexity index is 553. The second kappa shape index (κ2) is 4.85. The fourth-order valence-electron chi connectivity index (χ4n) is 4.86. The Labute approximate surface area is 125 Å². The number of carbonyl (C=O) groups is 1. The molecule has 2 bridgehead atoms. The largest absolute Gasteiger partial charge is 0.454 e. The number of ether oxygens (including phenoxy) is 1. The van der Waals surface area contributed by atoms with Gasteiger partial charge in [-0.15, -0.1) is 0 Å². The minimum atomic E-state index is -0.177. The number of hydrogen-bond donors (Lipinski definition) is 0. The molecule has 2 saturated carbocycles. The molecule has 1 aromatic rings. The Morgan fingerprint density at radius 2 is 2.38 bits per heavy atom. The van der Waals surface area contributed by atoms with Gasteiger partial charge in [0.1, 0.15) is 5.82 Å². The zero-order valence-corrected chi connectivity index (χ0v) is 12.8. The first-order valence-electron chi connectivity index (χ1n) is 8.42. The van der Waals surface area contributed by atoms with Crippen LogP contribution in [-0.2, 0) is 16.1 Å². The lowest BCUT2D eigenvalue weighted by molar-refractivity contribution is -0.164. The Balaban J connectivity index is 1.50. The molecule has 4 nitrogen and oxygen atoms in total. The van der Waals surface area contributed by atoms with Crippen LogP contribution in [0, 0.1) is 17.3 Å². The van der Waals surface area contributed by atoms with Crippen molar-refractivity contribution in [3.8, 4) is 0 Å². The van der Waals surface area contributed by atoms with Crippen LogP contribution in [0.25, 0.3) is 0 Å². The number of aryl methyl sites for hydroxylation is 1. The molecular formula is C17H24N2O2. The number of esters is 1. The molecule has 1 aromatic heterocycles. The average molecular weight is 288 g/mol. The van der Waals surface area contributed by atoms with Crippen molar-refractivity contribution in [1.82, 2.24) is 9.55 Å². The maximum Gasteiger partial charge on any atom is 0.312 e. The second-order valence-electron chi connectivity index (χ2n) is 7.26. The molecule has 0 radical (unpaired) electrons. The Kier molecular flexibility index (Phi) is 3.09. The second-order valence-corrected chi connectivity index (χ2v) is 7.26. The molecule has 4 heteroatoms. The monoisotopic (exact) mass is 288 g/mol. The number of fused-ring (bicyclic) bond motifs is 3. The van der Waals surface area contributed by atoms with Crippen molar-refractivity contribution in [3.05, 3.63) is 18.2 Å². The summed E-state index contributed by atoms with van der Waals surface area (Å²) in [7, 11) is 0. The number of rotatable bonds is 3. The minimum absolute atomic E-state index is 0.0598. The number of nitrogens with zero attached hydrogens (tertiary/aromatic N) is 2. The van der Waals surface area contributed by atoms with Crippen molar-refractivity contribution < 1.29 is 9.53 Å². The predicted molar refractivity (Wildman–Crippen MR) is 78.5 cm³/mol. The van der Waals surface area contributed by atoms with Gasteiger partial charge in [-0.3, -0.25) is 4.79 Å². The number of hydrogen-bond acceptors (Lipinski definition) is 3. The molecule has 0 N–H and O–H groups in total. The summed E-state index contributed by atoms with van der Waals surface area (Å²) in [6.07, 6.45) is 11.4. The highest BCUT2D eigenvalue weighted by molar-refractivity contribution is 5.77. The first kappa shape index (κ1) is 13.4. The van der Waals surface area contributed by atoms with Gasteiger partial charge in [-0.1, -0.05) is 13.3 Å². The molecule has 1 aliphatic heterocycles. The molecule has 3 aliphatic rings. The molecule has 114 valence electrons. The zero-order valence-electron chi connectivity index (χ0n) is 12.8. The smallest absolute Gasteiger partial charge is 0.312 e. The fraction of sp³-hybridized carbons (Fsp3) is 0.765. The fourth-order valence-corrected chi connectivity index (χ4v) is 4.86. The van der Waals surface area contributed by atoms with Gasteiger partial charge in [0.15, 0.2) is 6.10 Å². The van der Waals surface area contributed by atoms with E-state index in [9.17, 15) is 4.79 Å². The van der Waals surface area contributed by atoms with Crippen molar-refractivity contribution in [2.75, 3.05) is 0 Å². The van der Waals surface area contributed by atoms with E-state index in [2.05, 4.69) is 16.5 Å². The molecule has 4 rings (SSSR count). The summed E-state index contributed by atoms with van der Waals surface area (Å²) >= 11 is 0. The molecular weight excluding hydrogens is 264 g/mol.